The Morgan fingerprint density at radius 2 is 1.32 bits per heavy atom. The molecule has 218 valence electrons. The highest BCUT2D eigenvalue weighted by Crippen LogP contribution is 2.32. The number of rotatable bonds is 11. The van der Waals surface area contributed by atoms with Crippen molar-refractivity contribution in [2.45, 2.75) is 31.7 Å². The standard InChI is InChI=1S/C30H37N5O6/c1-22(15-35-14-8-13-31-35)34(18-29(36)32(2)16-23-20-38-25-9-4-6-11-27(25)40-23)19-30(37)33(3)17-24-21-39-26-10-5-7-12-28(26)41-24/h4-14,22-24H,15-21H2,1-3H3/t22-,23+,24+/m0/s1. The van der Waals surface area contributed by atoms with E-state index < -0.39 is 0 Å². The van der Waals surface area contributed by atoms with Gasteiger partial charge in [0.25, 0.3) is 0 Å². The Bertz CT molecular complexity index is 1240. The maximum Gasteiger partial charge on any atom is 0.236 e. The highest BCUT2D eigenvalue weighted by molar-refractivity contribution is 5.81. The van der Waals surface area contributed by atoms with Gasteiger partial charge in [0.05, 0.1) is 32.7 Å². The minimum Gasteiger partial charge on any atom is -0.486 e. The summed E-state index contributed by atoms with van der Waals surface area (Å²) in [5.74, 6) is 2.51. The molecule has 41 heavy (non-hydrogen) atoms. The van der Waals surface area contributed by atoms with Gasteiger partial charge in [-0.1, -0.05) is 24.3 Å². The molecule has 0 unspecified atom stereocenters. The van der Waals surface area contributed by atoms with E-state index in [1.165, 1.54) is 0 Å². The van der Waals surface area contributed by atoms with Crippen molar-refractivity contribution in [3.05, 3.63) is 67.0 Å². The van der Waals surface area contributed by atoms with Gasteiger partial charge in [-0.2, -0.15) is 5.10 Å². The van der Waals surface area contributed by atoms with E-state index in [-0.39, 0.29) is 43.2 Å². The zero-order chi connectivity index (χ0) is 28.8. The van der Waals surface area contributed by atoms with Crippen LogP contribution in [0.4, 0.5) is 0 Å². The van der Waals surface area contributed by atoms with E-state index in [1.807, 2.05) is 72.6 Å². The number of hydrogen-bond acceptors (Lipinski definition) is 8. The van der Waals surface area contributed by atoms with Gasteiger partial charge in [0.1, 0.15) is 13.2 Å². The van der Waals surface area contributed by atoms with Crippen LogP contribution in [0, 0.1) is 0 Å². The Morgan fingerprint density at radius 3 is 1.78 bits per heavy atom. The number of carbonyl (C=O) groups excluding carboxylic acids is 2. The largest absolute Gasteiger partial charge is 0.486 e. The minimum atomic E-state index is -0.288. The summed E-state index contributed by atoms with van der Waals surface area (Å²) in [6.45, 7) is 4.10. The summed E-state index contributed by atoms with van der Waals surface area (Å²) in [6, 6.07) is 16.7. The van der Waals surface area contributed by atoms with Crippen LogP contribution >= 0.6 is 0 Å². The van der Waals surface area contributed by atoms with E-state index in [1.54, 1.807) is 34.8 Å². The highest BCUT2D eigenvalue weighted by Gasteiger charge is 2.29. The highest BCUT2D eigenvalue weighted by atomic mass is 16.6. The number of aromatic nitrogens is 2. The molecule has 0 fully saturated rings. The van der Waals surface area contributed by atoms with Crippen LogP contribution in [0.2, 0.25) is 0 Å². The minimum absolute atomic E-state index is 0.0685. The van der Waals surface area contributed by atoms with Crippen LogP contribution in [0.5, 0.6) is 23.0 Å². The van der Waals surface area contributed by atoms with Crippen molar-refractivity contribution in [1.82, 2.24) is 24.5 Å². The van der Waals surface area contributed by atoms with E-state index in [2.05, 4.69) is 5.10 Å². The van der Waals surface area contributed by atoms with E-state index in [0.29, 0.717) is 55.8 Å². The van der Waals surface area contributed by atoms with Crippen LogP contribution < -0.4 is 18.9 Å². The number of likely N-dealkylation sites (N-methyl/N-ethyl adjacent to an activating group) is 2. The number of nitrogens with zero attached hydrogens (tertiary/aromatic N) is 5. The van der Waals surface area contributed by atoms with Crippen LogP contribution in [0.3, 0.4) is 0 Å². The molecule has 3 atom stereocenters. The molecule has 3 heterocycles. The first-order chi connectivity index (χ1) is 19.9. The molecule has 11 heteroatoms. The molecule has 2 aliphatic heterocycles. The molecule has 0 bridgehead atoms. The molecule has 0 aliphatic carbocycles. The first-order valence-electron chi connectivity index (χ1n) is 13.8. The molecule has 0 radical (unpaired) electrons. The number of fused-ring (bicyclic) bond motifs is 2. The first-order valence-corrected chi connectivity index (χ1v) is 13.8. The predicted molar refractivity (Wildman–Crippen MR) is 151 cm³/mol. The zero-order valence-electron chi connectivity index (χ0n) is 23.7. The summed E-state index contributed by atoms with van der Waals surface area (Å²) >= 11 is 0. The summed E-state index contributed by atoms with van der Waals surface area (Å²) in [4.78, 5) is 31.9. The third kappa shape index (κ3) is 7.29. The monoisotopic (exact) mass is 563 g/mol. The number of hydrogen-bond donors (Lipinski definition) is 0. The van der Waals surface area contributed by atoms with Gasteiger partial charge < -0.3 is 28.7 Å². The maximum absolute atomic E-state index is 13.4. The Balaban J connectivity index is 1.18. The first kappa shape index (κ1) is 28.3. The molecule has 0 saturated carbocycles. The smallest absolute Gasteiger partial charge is 0.236 e. The van der Waals surface area contributed by atoms with Gasteiger partial charge in [0.15, 0.2) is 35.2 Å². The molecule has 3 aromatic rings. The van der Waals surface area contributed by atoms with Gasteiger partial charge in [-0.05, 0) is 37.3 Å². The Labute approximate surface area is 240 Å². The summed E-state index contributed by atoms with van der Waals surface area (Å²) in [5, 5.41) is 4.30. The topological polar surface area (TPSA) is 98.6 Å². The number of para-hydroxylation sites is 4. The summed E-state index contributed by atoms with van der Waals surface area (Å²) in [7, 11) is 3.49. The lowest BCUT2D eigenvalue weighted by molar-refractivity contribution is -0.137. The number of amides is 2. The van der Waals surface area contributed by atoms with Crippen molar-refractivity contribution in [3.8, 4) is 23.0 Å². The van der Waals surface area contributed by atoms with Crippen LogP contribution in [0.1, 0.15) is 6.92 Å². The lowest BCUT2D eigenvalue weighted by atomic mass is 10.2. The SMILES string of the molecule is C[C@@H](Cn1cccn1)N(CC(=O)N(C)C[C@@H]1COc2ccccc2O1)CC(=O)N(C)C[C@@H]1COc2ccccc2O1. The van der Waals surface area contributed by atoms with Crippen molar-refractivity contribution in [1.29, 1.82) is 0 Å². The summed E-state index contributed by atoms with van der Waals surface area (Å²) in [6.07, 6.45) is 3.00. The second kappa shape index (κ2) is 12.9. The molecule has 2 amide bonds. The fourth-order valence-electron chi connectivity index (χ4n) is 4.87. The molecule has 0 N–H and O–H groups in total. The zero-order valence-corrected chi connectivity index (χ0v) is 23.7. The molecular formula is C30H37N5O6. The number of benzene rings is 2. The van der Waals surface area contributed by atoms with Gasteiger partial charge >= 0.3 is 0 Å². The second-order valence-corrected chi connectivity index (χ2v) is 10.5. The average Bonchev–Trinajstić information content (AvgIpc) is 3.49. The molecule has 2 aromatic carbocycles. The van der Waals surface area contributed by atoms with Crippen LogP contribution in [0.15, 0.2) is 67.0 Å². The van der Waals surface area contributed by atoms with Crippen molar-refractivity contribution in [3.63, 3.8) is 0 Å². The van der Waals surface area contributed by atoms with Gasteiger partial charge in [0, 0.05) is 32.5 Å². The number of ether oxygens (including phenoxy) is 4. The molecule has 0 saturated heterocycles. The van der Waals surface area contributed by atoms with Crippen molar-refractivity contribution in [2.24, 2.45) is 0 Å². The normalized spacial score (nSPS) is 18.0. The quantitative estimate of drug-likeness (QED) is 0.350. The Morgan fingerprint density at radius 1 is 0.829 bits per heavy atom. The van der Waals surface area contributed by atoms with Crippen LogP contribution in [-0.4, -0.2) is 108 Å². The van der Waals surface area contributed by atoms with E-state index >= 15 is 0 Å². The fraction of sp³-hybridized carbons (Fsp3) is 0.433. The Kier molecular flexibility index (Phi) is 8.93. The second-order valence-electron chi connectivity index (χ2n) is 10.5. The van der Waals surface area contributed by atoms with Crippen molar-refractivity contribution in [2.75, 3.05) is 53.5 Å². The third-order valence-electron chi connectivity index (χ3n) is 7.25. The van der Waals surface area contributed by atoms with Crippen molar-refractivity contribution >= 4 is 11.8 Å². The lowest BCUT2D eigenvalue weighted by Gasteiger charge is -2.34. The summed E-state index contributed by atoms with van der Waals surface area (Å²) < 4.78 is 25.5. The van der Waals surface area contributed by atoms with E-state index in [4.69, 9.17) is 18.9 Å². The Hall–Kier alpha value is -4.25. The van der Waals surface area contributed by atoms with E-state index in [0.717, 1.165) is 0 Å². The van der Waals surface area contributed by atoms with Crippen LogP contribution in [0.25, 0.3) is 0 Å². The number of carbonyl (C=O) groups is 2. The van der Waals surface area contributed by atoms with Gasteiger partial charge in [0.2, 0.25) is 11.8 Å². The molecule has 0 spiro atoms. The summed E-state index contributed by atoms with van der Waals surface area (Å²) in [5.41, 5.74) is 0. The molecule has 1 aromatic heterocycles. The molecule has 5 rings (SSSR count). The fourth-order valence-corrected chi connectivity index (χ4v) is 4.87. The predicted octanol–water partition coefficient (Wildman–Crippen LogP) is 2.17. The third-order valence-corrected chi connectivity index (χ3v) is 7.25. The van der Waals surface area contributed by atoms with Crippen LogP contribution in [-0.2, 0) is 16.1 Å². The molecule has 2 aliphatic rings. The molecular weight excluding hydrogens is 526 g/mol. The van der Waals surface area contributed by atoms with Gasteiger partial charge in [-0.3, -0.25) is 19.2 Å². The van der Waals surface area contributed by atoms with E-state index in [9.17, 15) is 9.59 Å². The van der Waals surface area contributed by atoms with Gasteiger partial charge in [-0.15, -0.1) is 0 Å². The average molecular weight is 564 g/mol. The van der Waals surface area contributed by atoms with Gasteiger partial charge in [-0.25, -0.2) is 0 Å². The molecule has 11 nitrogen and oxygen atoms in total. The van der Waals surface area contributed by atoms with Crippen molar-refractivity contribution < 1.29 is 28.5 Å². The maximum atomic E-state index is 13.4. The lowest BCUT2D eigenvalue weighted by Crippen LogP contribution is -2.51.